The van der Waals surface area contributed by atoms with E-state index in [2.05, 4.69) is 10.2 Å². The lowest BCUT2D eigenvalue weighted by molar-refractivity contribution is -0.141. The van der Waals surface area contributed by atoms with E-state index in [1.54, 1.807) is 22.7 Å². The fourth-order valence-corrected chi connectivity index (χ4v) is 4.50. The maximum Gasteiger partial charge on any atom is 0.435 e. The molecule has 4 heterocycles. The Morgan fingerprint density at radius 1 is 1.09 bits per heavy atom. The van der Waals surface area contributed by atoms with Gasteiger partial charge in [0.15, 0.2) is 5.69 Å². The number of carbonyl (C=O) groups is 1. The molecule has 2 aliphatic rings. The van der Waals surface area contributed by atoms with Gasteiger partial charge in [-0.2, -0.15) is 23.4 Å². The standard InChI is InChI=1S/C22H22F3N5O2/c1-28-17(11-19(27-28)22(23,24)25)20-15-7-8-30(12-16(15)26-29(20)2)21(31)14-6-5-13-4-3-9-32-18(13)10-14/h5-6,10-11H,3-4,7-9,12H2,1-2H3. The molecule has 0 unspecified atom stereocenters. The number of ether oxygens (including phenoxy) is 1. The number of fused-ring (bicyclic) bond motifs is 2. The molecule has 2 aliphatic heterocycles. The summed E-state index contributed by atoms with van der Waals surface area (Å²) in [6.45, 7) is 1.40. The van der Waals surface area contributed by atoms with Gasteiger partial charge in [-0.15, -0.1) is 0 Å². The Kier molecular flexibility index (Phi) is 4.75. The first kappa shape index (κ1) is 20.6. The number of alkyl halides is 3. The average molecular weight is 445 g/mol. The third-order valence-electron chi connectivity index (χ3n) is 6.06. The Labute approximate surface area is 182 Å². The Balaban J connectivity index is 1.42. The van der Waals surface area contributed by atoms with Gasteiger partial charge in [0.1, 0.15) is 5.75 Å². The summed E-state index contributed by atoms with van der Waals surface area (Å²) in [6.07, 6.45) is -2.11. The summed E-state index contributed by atoms with van der Waals surface area (Å²) in [6, 6.07) is 6.60. The van der Waals surface area contributed by atoms with Crippen molar-refractivity contribution < 1.29 is 22.7 Å². The second-order valence-corrected chi connectivity index (χ2v) is 8.18. The predicted octanol–water partition coefficient (Wildman–Crippen LogP) is 3.36. The van der Waals surface area contributed by atoms with E-state index in [-0.39, 0.29) is 5.91 Å². The molecule has 1 amide bonds. The number of benzene rings is 1. The van der Waals surface area contributed by atoms with E-state index in [4.69, 9.17) is 4.74 Å². The molecule has 0 saturated carbocycles. The zero-order valence-electron chi connectivity index (χ0n) is 17.7. The quantitative estimate of drug-likeness (QED) is 0.607. The Bertz CT molecular complexity index is 1210. The monoisotopic (exact) mass is 445 g/mol. The summed E-state index contributed by atoms with van der Waals surface area (Å²) in [5, 5.41) is 8.13. The minimum absolute atomic E-state index is 0.111. The minimum atomic E-state index is -4.52. The Hall–Kier alpha value is -3.30. The topological polar surface area (TPSA) is 65.2 Å². The number of amides is 1. The van der Waals surface area contributed by atoms with Crippen LogP contribution in [0, 0.1) is 0 Å². The number of carbonyl (C=O) groups excluding carboxylic acids is 1. The zero-order valence-corrected chi connectivity index (χ0v) is 17.7. The van der Waals surface area contributed by atoms with Crippen LogP contribution in [0.4, 0.5) is 13.2 Å². The van der Waals surface area contributed by atoms with Crippen molar-refractivity contribution in [3.63, 3.8) is 0 Å². The number of halogens is 3. The largest absolute Gasteiger partial charge is 0.493 e. The molecule has 0 aliphatic carbocycles. The first-order valence-electron chi connectivity index (χ1n) is 10.4. The molecule has 168 valence electrons. The van der Waals surface area contributed by atoms with E-state index in [1.165, 1.54) is 11.7 Å². The highest BCUT2D eigenvalue weighted by Gasteiger charge is 2.36. The smallest absolute Gasteiger partial charge is 0.435 e. The summed E-state index contributed by atoms with van der Waals surface area (Å²) < 4.78 is 47.8. The van der Waals surface area contributed by atoms with Gasteiger partial charge in [0.25, 0.3) is 5.91 Å². The Morgan fingerprint density at radius 3 is 2.66 bits per heavy atom. The van der Waals surface area contributed by atoms with E-state index in [1.807, 2.05) is 12.1 Å². The number of hydrogen-bond donors (Lipinski definition) is 0. The molecule has 0 saturated heterocycles. The van der Waals surface area contributed by atoms with Gasteiger partial charge in [-0.05, 0) is 43.0 Å². The number of hydrogen-bond acceptors (Lipinski definition) is 4. The van der Waals surface area contributed by atoms with Gasteiger partial charge in [-0.3, -0.25) is 14.2 Å². The molecular formula is C22H22F3N5O2. The SMILES string of the molecule is Cn1nc(C(F)(F)F)cc1-c1c2c(nn1C)CN(C(=O)c1ccc3c(c1)OCCC3)CC2. The second kappa shape index (κ2) is 7.39. The normalized spacial score (nSPS) is 15.8. The maximum atomic E-state index is 13.1. The van der Waals surface area contributed by atoms with Crippen molar-refractivity contribution >= 4 is 5.91 Å². The van der Waals surface area contributed by atoms with Crippen LogP contribution in [-0.2, 0) is 39.7 Å². The van der Waals surface area contributed by atoms with E-state index >= 15 is 0 Å². The number of rotatable bonds is 2. The molecule has 32 heavy (non-hydrogen) atoms. The van der Waals surface area contributed by atoms with Gasteiger partial charge >= 0.3 is 6.18 Å². The summed E-state index contributed by atoms with van der Waals surface area (Å²) in [5.41, 5.74) is 3.21. The van der Waals surface area contributed by atoms with Gasteiger partial charge in [-0.1, -0.05) is 6.07 Å². The molecule has 0 fully saturated rings. The van der Waals surface area contributed by atoms with Crippen LogP contribution >= 0.6 is 0 Å². The summed E-state index contributed by atoms with van der Waals surface area (Å²) in [4.78, 5) is 14.8. The predicted molar refractivity (Wildman–Crippen MR) is 109 cm³/mol. The molecule has 0 bridgehead atoms. The lowest BCUT2D eigenvalue weighted by Gasteiger charge is -2.27. The van der Waals surface area contributed by atoms with E-state index in [0.29, 0.717) is 48.8 Å². The molecule has 1 aromatic carbocycles. The zero-order chi connectivity index (χ0) is 22.6. The molecule has 0 atom stereocenters. The first-order valence-corrected chi connectivity index (χ1v) is 10.4. The fraction of sp³-hybridized carbons (Fsp3) is 0.409. The third kappa shape index (κ3) is 3.43. The molecule has 0 spiro atoms. The van der Waals surface area contributed by atoms with Crippen molar-refractivity contribution in [2.45, 2.75) is 32.0 Å². The molecule has 2 aromatic heterocycles. The number of nitrogens with zero attached hydrogens (tertiary/aromatic N) is 5. The highest BCUT2D eigenvalue weighted by molar-refractivity contribution is 5.95. The van der Waals surface area contributed by atoms with Crippen molar-refractivity contribution in [2.24, 2.45) is 14.1 Å². The molecule has 7 nitrogen and oxygen atoms in total. The summed E-state index contributed by atoms with van der Waals surface area (Å²) in [7, 11) is 3.18. The van der Waals surface area contributed by atoms with Crippen LogP contribution in [0.3, 0.4) is 0 Å². The highest BCUT2D eigenvalue weighted by Crippen LogP contribution is 2.35. The van der Waals surface area contributed by atoms with Crippen LogP contribution in [0.2, 0.25) is 0 Å². The average Bonchev–Trinajstić information content (AvgIpc) is 3.30. The molecule has 3 aromatic rings. The van der Waals surface area contributed by atoms with E-state index < -0.39 is 11.9 Å². The van der Waals surface area contributed by atoms with E-state index in [9.17, 15) is 18.0 Å². The van der Waals surface area contributed by atoms with Gasteiger partial charge in [0.2, 0.25) is 0 Å². The van der Waals surface area contributed by atoms with Crippen molar-refractivity contribution in [1.29, 1.82) is 0 Å². The van der Waals surface area contributed by atoms with Crippen molar-refractivity contribution in [1.82, 2.24) is 24.5 Å². The third-order valence-corrected chi connectivity index (χ3v) is 6.06. The van der Waals surface area contributed by atoms with Crippen LogP contribution in [0.5, 0.6) is 5.75 Å². The maximum absolute atomic E-state index is 13.1. The lowest BCUT2D eigenvalue weighted by Crippen LogP contribution is -2.36. The second-order valence-electron chi connectivity index (χ2n) is 8.18. The van der Waals surface area contributed by atoms with E-state index in [0.717, 1.165) is 35.8 Å². The van der Waals surface area contributed by atoms with Gasteiger partial charge < -0.3 is 9.64 Å². The molecule has 0 radical (unpaired) electrons. The van der Waals surface area contributed by atoms with Gasteiger partial charge in [0.05, 0.1) is 30.2 Å². The van der Waals surface area contributed by atoms with Crippen LogP contribution in [0.15, 0.2) is 24.3 Å². The molecule has 10 heteroatoms. The van der Waals surface area contributed by atoms with Crippen molar-refractivity contribution in [2.75, 3.05) is 13.2 Å². The number of aryl methyl sites for hydroxylation is 3. The van der Waals surface area contributed by atoms with Gasteiger partial charge in [-0.25, -0.2) is 0 Å². The first-order chi connectivity index (χ1) is 15.2. The van der Waals surface area contributed by atoms with Crippen molar-refractivity contribution in [3.05, 3.63) is 52.3 Å². The van der Waals surface area contributed by atoms with Crippen LogP contribution in [0.1, 0.15) is 39.3 Å². The fourth-order valence-electron chi connectivity index (χ4n) is 4.50. The van der Waals surface area contributed by atoms with Crippen LogP contribution in [-0.4, -0.2) is 43.5 Å². The molecular weight excluding hydrogens is 423 g/mol. The van der Waals surface area contributed by atoms with Crippen molar-refractivity contribution in [3.8, 4) is 17.1 Å². The van der Waals surface area contributed by atoms with Crippen LogP contribution < -0.4 is 4.74 Å². The minimum Gasteiger partial charge on any atom is -0.493 e. The summed E-state index contributed by atoms with van der Waals surface area (Å²) in [5.74, 6) is 0.649. The number of aromatic nitrogens is 4. The molecule has 5 rings (SSSR count). The summed E-state index contributed by atoms with van der Waals surface area (Å²) >= 11 is 0. The lowest BCUT2D eigenvalue weighted by atomic mass is 10.0. The highest BCUT2D eigenvalue weighted by atomic mass is 19.4. The molecule has 0 N–H and O–H groups in total. The van der Waals surface area contributed by atoms with Gasteiger partial charge in [0, 0.05) is 31.8 Å². The Morgan fingerprint density at radius 2 is 1.91 bits per heavy atom. The van der Waals surface area contributed by atoms with Crippen LogP contribution in [0.25, 0.3) is 11.4 Å².